The number of amides is 4. The van der Waals surface area contributed by atoms with Crippen molar-refractivity contribution in [1.82, 2.24) is 5.32 Å². The van der Waals surface area contributed by atoms with Crippen molar-refractivity contribution in [2.45, 2.75) is 20.8 Å². The van der Waals surface area contributed by atoms with Gasteiger partial charge < -0.3 is 9.84 Å². The molecule has 1 aliphatic rings. The van der Waals surface area contributed by atoms with E-state index >= 15 is 0 Å². The van der Waals surface area contributed by atoms with Crippen molar-refractivity contribution in [3.8, 4) is 11.5 Å². The molecule has 0 aromatic heterocycles. The average Bonchev–Trinajstić information content (AvgIpc) is 2.65. The molecular formula is C21H19ClN2O5. The minimum absolute atomic E-state index is 0.00827. The number of aryl methyl sites for hydroxylation is 2. The second-order valence-corrected chi connectivity index (χ2v) is 6.94. The Kier molecular flexibility index (Phi) is 5.61. The number of barbiturate groups is 1. The number of nitrogens with zero attached hydrogens (tertiary/aromatic N) is 1. The van der Waals surface area contributed by atoms with Crippen molar-refractivity contribution in [1.29, 1.82) is 0 Å². The number of imide groups is 2. The van der Waals surface area contributed by atoms with E-state index in [2.05, 4.69) is 5.32 Å². The summed E-state index contributed by atoms with van der Waals surface area (Å²) in [5.41, 5.74) is 2.09. The summed E-state index contributed by atoms with van der Waals surface area (Å²) in [7, 11) is 0. The highest BCUT2D eigenvalue weighted by Gasteiger charge is 2.37. The van der Waals surface area contributed by atoms with Crippen LogP contribution in [0.5, 0.6) is 11.5 Å². The first-order valence-corrected chi connectivity index (χ1v) is 9.24. The number of rotatable bonds is 4. The molecule has 0 radical (unpaired) electrons. The fraction of sp³-hybridized carbons (Fsp3) is 0.190. The summed E-state index contributed by atoms with van der Waals surface area (Å²) < 4.78 is 5.32. The van der Waals surface area contributed by atoms with Gasteiger partial charge in [0.1, 0.15) is 5.57 Å². The summed E-state index contributed by atoms with van der Waals surface area (Å²) in [4.78, 5) is 38.7. The quantitative estimate of drug-likeness (QED) is 0.587. The van der Waals surface area contributed by atoms with E-state index in [-0.39, 0.29) is 28.7 Å². The molecule has 2 aromatic rings. The molecule has 1 aliphatic heterocycles. The predicted octanol–water partition coefficient (Wildman–Crippen LogP) is 3.73. The Bertz CT molecular complexity index is 1060. The van der Waals surface area contributed by atoms with Gasteiger partial charge in [-0.25, -0.2) is 9.69 Å². The van der Waals surface area contributed by atoms with E-state index in [9.17, 15) is 19.5 Å². The Morgan fingerprint density at radius 2 is 1.90 bits per heavy atom. The molecule has 0 saturated carbocycles. The minimum Gasteiger partial charge on any atom is -0.503 e. The van der Waals surface area contributed by atoms with Gasteiger partial charge in [0.05, 0.1) is 17.3 Å². The van der Waals surface area contributed by atoms with Gasteiger partial charge in [-0.2, -0.15) is 0 Å². The van der Waals surface area contributed by atoms with E-state index in [0.717, 1.165) is 10.5 Å². The Morgan fingerprint density at radius 3 is 2.59 bits per heavy atom. The third-order valence-electron chi connectivity index (χ3n) is 4.37. The van der Waals surface area contributed by atoms with Crippen LogP contribution in [0.15, 0.2) is 35.9 Å². The van der Waals surface area contributed by atoms with Crippen LogP contribution in [0.1, 0.15) is 23.6 Å². The monoisotopic (exact) mass is 414 g/mol. The highest BCUT2D eigenvalue weighted by molar-refractivity contribution is 6.39. The summed E-state index contributed by atoms with van der Waals surface area (Å²) in [6.07, 6.45) is 1.30. The summed E-state index contributed by atoms with van der Waals surface area (Å²) in [5, 5.41) is 12.2. The lowest BCUT2D eigenvalue weighted by Crippen LogP contribution is -2.54. The Hall–Kier alpha value is -3.32. The van der Waals surface area contributed by atoms with E-state index in [1.54, 1.807) is 26.0 Å². The van der Waals surface area contributed by atoms with Crippen LogP contribution in [-0.4, -0.2) is 29.6 Å². The Balaban J connectivity index is 2.07. The molecule has 150 valence electrons. The Labute approximate surface area is 172 Å². The summed E-state index contributed by atoms with van der Waals surface area (Å²) in [6, 6.07) is 7.39. The van der Waals surface area contributed by atoms with Gasteiger partial charge in [0.15, 0.2) is 11.5 Å². The van der Waals surface area contributed by atoms with Gasteiger partial charge in [0.25, 0.3) is 11.8 Å². The van der Waals surface area contributed by atoms with Crippen molar-refractivity contribution < 1.29 is 24.2 Å². The number of phenolic OH excluding ortho intramolecular Hbond substituents is 1. The molecule has 2 N–H and O–H groups in total. The predicted molar refractivity (Wildman–Crippen MR) is 109 cm³/mol. The molecule has 29 heavy (non-hydrogen) atoms. The topological polar surface area (TPSA) is 95.9 Å². The normalized spacial score (nSPS) is 15.7. The maximum absolute atomic E-state index is 13.0. The van der Waals surface area contributed by atoms with Crippen LogP contribution < -0.4 is 15.0 Å². The zero-order chi connectivity index (χ0) is 21.3. The number of hydrogen-bond acceptors (Lipinski definition) is 5. The number of carbonyl (C=O) groups is 3. The molecule has 1 saturated heterocycles. The second-order valence-electron chi connectivity index (χ2n) is 6.53. The molecule has 1 fully saturated rings. The van der Waals surface area contributed by atoms with Crippen LogP contribution in [-0.2, 0) is 9.59 Å². The first-order valence-electron chi connectivity index (χ1n) is 8.87. The van der Waals surface area contributed by atoms with Crippen LogP contribution in [0.25, 0.3) is 6.08 Å². The molecular weight excluding hydrogens is 396 g/mol. The molecule has 3 rings (SSSR count). The maximum Gasteiger partial charge on any atom is 0.335 e. The van der Waals surface area contributed by atoms with Gasteiger partial charge in [0.2, 0.25) is 0 Å². The molecule has 4 amide bonds. The van der Waals surface area contributed by atoms with Crippen molar-refractivity contribution >= 4 is 41.2 Å². The highest BCUT2D eigenvalue weighted by atomic mass is 35.5. The first-order chi connectivity index (χ1) is 13.7. The SMILES string of the molecule is CCOc1cc(/C=C2\C(=O)NC(=O)N(c3cc(C)ccc3C)C2=O)cc(Cl)c1O. The van der Waals surface area contributed by atoms with Crippen molar-refractivity contribution in [2.75, 3.05) is 11.5 Å². The number of nitrogens with one attached hydrogen (secondary N) is 1. The number of phenols is 1. The number of carbonyl (C=O) groups excluding carboxylic acids is 3. The van der Waals surface area contributed by atoms with E-state index < -0.39 is 17.8 Å². The van der Waals surface area contributed by atoms with Crippen molar-refractivity contribution in [3.63, 3.8) is 0 Å². The molecule has 7 nitrogen and oxygen atoms in total. The fourth-order valence-corrected chi connectivity index (χ4v) is 3.17. The standard InChI is InChI=1S/C21H19ClN2O5/c1-4-29-17-10-13(9-15(22)18(17)25)8-14-19(26)23-21(28)24(20(14)27)16-7-11(2)5-6-12(16)3/h5-10,25H,4H2,1-3H3,(H,23,26,28)/b14-8+. The molecule has 1 heterocycles. The molecule has 0 unspecified atom stereocenters. The number of anilines is 1. The lowest BCUT2D eigenvalue weighted by Gasteiger charge is -2.27. The molecule has 8 heteroatoms. The third kappa shape index (κ3) is 3.95. The van der Waals surface area contributed by atoms with Gasteiger partial charge in [-0.15, -0.1) is 0 Å². The van der Waals surface area contributed by atoms with Crippen LogP contribution >= 0.6 is 11.6 Å². The summed E-state index contributed by atoms with van der Waals surface area (Å²) in [5.74, 6) is -1.68. The van der Waals surface area contributed by atoms with Crippen LogP contribution in [0.3, 0.4) is 0 Å². The lowest BCUT2D eigenvalue weighted by molar-refractivity contribution is -0.122. The van der Waals surface area contributed by atoms with Crippen molar-refractivity contribution in [3.05, 3.63) is 57.6 Å². The number of ether oxygens (including phenoxy) is 1. The number of halogens is 1. The minimum atomic E-state index is -0.816. The molecule has 0 bridgehead atoms. The van der Waals surface area contributed by atoms with E-state index in [1.165, 1.54) is 18.2 Å². The van der Waals surface area contributed by atoms with E-state index in [4.69, 9.17) is 16.3 Å². The largest absolute Gasteiger partial charge is 0.503 e. The first kappa shape index (κ1) is 20.4. The van der Waals surface area contributed by atoms with Crippen LogP contribution in [0.4, 0.5) is 10.5 Å². The van der Waals surface area contributed by atoms with Gasteiger partial charge in [-0.1, -0.05) is 23.7 Å². The Morgan fingerprint density at radius 1 is 1.17 bits per heavy atom. The van der Waals surface area contributed by atoms with Crippen LogP contribution in [0.2, 0.25) is 5.02 Å². The zero-order valence-corrected chi connectivity index (χ0v) is 16.8. The molecule has 2 aromatic carbocycles. The van der Waals surface area contributed by atoms with Gasteiger partial charge in [-0.3, -0.25) is 14.9 Å². The average molecular weight is 415 g/mol. The maximum atomic E-state index is 13.0. The summed E-state index contributed by atoms with van der Waals surface area (Å²) >= 11 is 6.02. The summed E-state index contributed by atoms with van der Waals surface area (Å²) in [6.45, 7) is 5.64. The smallest absolute Gasteiger partial charge is 0.335 e. The molecule has 0 spiro atoms. The number of urea groups is 1. The zero-order valence-electron chi connectivity index (χ0n) is 16.1. The number of hydrogen-bond donors (Lipinski definition) is 2. The van der Waals surface area contributed by atoms with Gasteiger partial charge >= 0.3 is 6.03 Å². The van der Waals surface area contributed by atoms with E-state index in [0.29, 0.717) is 16.8 Å². The van der Waals surface area contributed by atoms with Crippen molar-refractivity contribution in [2.24, 2.45) is 0 Å². The second kappa shape index (κ2) is 7.97. The fourth-order valence-electron chi connectivity index (χ4n) is 2.95. The lowest BCUT2D eigenvalue weighted by atomic mass is 10.0. The molecule has 0 atom stereocenters. The van der Waals surface area contributed by atoms with Crippen LogP contribution in [0, 0.1) is 13.8 Å². The van der Waals surface area contributed by atoms with E-state index in [1.807, 2.05) is 13.0 Å². The van der Waals surface area contributed by atoms with Gasteiger partial charge in [-0.05, 0) is 61.7 Å². The number of aromatic hydroxyl groups is 1. The van der Waals surface area contributed by atoms with Gasteiger partial charge in [0, 0.05) is 0 Å². The molecule has 0 aliphatic carbocycles. The number of benzene rings is 2. The highest BCUT2D eigenvalue weighted by Crippen LogP contribution is 2.36. The third-order valence-corrected chi connectivity index (χ3v) is 4.66.